The summed E-state index contributed by atoms with van der Waals surface area (Å²) in [4.78, 5) is 14.2. The number of esters is 1. The second-order valence-corrected chi connectivity index (χ2v) is 5.00. The first-order valence-corrected chi connectivity index (χ1v) is 6.96. The number of carbonyl (C=O) groups excluding carboxylic acids is 1. The molecule has 0 bridgehead atoms. The number of aromatic nitrogens is 5. The van der Waals surface area contributed by atoms with Crippen molar-refractivity contribution >= 4 is 5.97 Å². The average Bonchev–Trinajstić information content (AvgIpc) is 3.06. The van der Waals surface area contributed by atoms with Crippen molar-refractivity contribution in [1.29, 1.82) is 0 Å². The van der Waals surface area contributed by atoms with E-state index in [1.54, 1.807) is 24.1 Å². The van der Waals surface area contributed by atoms with Crippen molar-refractivity contribution in [2.75, 3.05) is 13.2 Å². The maximum atomic E-state index is 12.0. The van der Waals surface area contributed by atoms with Crippen molar-refractivity contribution in [2.24, 2.45) is 7.05 Å². The molecule has 0 aliphatic carbocycles. The summed E-state index contributed by atoms with van der Waals surface area (Å²) in [5.74, 6) is 0.627. The molecule has 2 aromatic rings. The number of hydrogen-bond donors (Lipinski definition) is 0. The highest BCUT2D eigenvalue weighted by molar-refractivity contribution is 5.90. The van der Waals surface area contributed by atoms with E-state index in [9.17, 15) is 4.79 Å². The zero-order valence-electron chi connectivity index (χ0n) is 12.2. The minimum atomic E-state index is -0.319. The summed E-state index contributed by atoms with van der Waals surface area (Å²) in [6.45, 7) is 5.25. The molecule has 0 amide bonds. The molecule has 112 valence electrons. The minimum absolute atomic E-state index is 0.319. The maximum Gasteiger partial charge on any atom is 0.341 e. The van der Waals surface area contributed by atoms with Gasteiger partial charge in [-0.1, -0.05) is 0 Å². The summed E-state index contributed by atoms with van der Waals surface area (Å²) in [7, 11) is 1.84. The Labute approximate surface area is 122 Å². The topological polar surface area (TPSA) is 78.1 Å². The third kappa shape index (κ3) is 2.66. The van der Waals surface area contributed by atoms with Gasteiger partial charge in [0.1, 0.15) is 17.7 Å². The van der Waals surface area contributed by atoms with Gasteiger partial charge in [-0.3, -0.25) is 9.58 Å². The van der Waals surface area contributed by atoms with Gasteiger partial charge in [0.15, 0.2) is 0 Å². The zero-order chi connectivity index (χ0) is 14.8. The first-order chi connectivity index (χ1) is 10.2. The summed E-state index contributed by atoms with van der Waals surface area (Å²) in [5.41, 5.74) is 1.40. The molecule has 0 aromatic carbocycles. The molecule has 0 saturated carbocycles. The van der Waals surface area contributed by atoms with E-state index in [-0.39, 0.29) is 5.97 Å². The van der Waals surface area contributed by atoms with Crippen LogP contribution in [0.5, 0.6) is 0 Å². The van der Waals surface area contributed by atoms with Crippen LogP contribution in [0.2, 0.25) is 0 Å². The Balaban J connectivity index is 1.76. The van der Waals surface area contributed by atoms with Crippen LogP contribution in [0.1, 0.15) is 28.8 Å². The van der Waals surface area contributed by atoms with E-state index in [0.717, 1.165) is 24.6 Å². The van der Waals surface area contributed by atoms with Gasteiger partial charge in [-0.05, 0) is 6.92 Å². The van der Waals surface area contributed by atoms with Gasteiger partial charge in [-0.15, -0.1) is 10.2 Å². The van der Waals surface area contributed by atoms with Crippen molar-refractivity contribution in [3.8, 4) is 0 Å². The average molecular weight is 290 g/mol. The van der Waals surface area contributed by atoms with E-state index < -0.39 is 0 Å². The molecule has 0 radical (unpaired) electrons. The highest BCUT2D eigenvalue weighted by atomic mass is 16.5. The van der Waals surface area contributed by atoms with E-state index in [2.05, 4.69) is 20.2 Å². The zero-order valence-corrected chi connectivity index (χ0v) is 12.2. The monoisotopic (exact) mass is 290 g/mol. The molecule has 2 aromatic heterocycles. The van der Waals surface area contributed by atoms with E-state index in [4.69, 9.17) is 4.74 Å². The fourth-order valence-electron chi connectivity index (χ4n) is 2.49. The normalized spacial score (nSPS) is 15.0. The molecule has 8 heteroatoms. The van der Waals surface area contributed by atoms with Gasteiger partial charge in [0.25, 0.3) is 0 Å². The van der Waals surface area contributed by atoms with Crippen LogP contribution in [0, 0.1) is 0 Å². The predicted octanol–water partition coefficient (Wildman–Crippen LogP) is 0.204. The number of ether oxygens (including phenoxy) is 1. The van der Waals surface area contributed by atoms with Gasteiger partial charge in [0.2, 0.25) is 0 Å². The molecule has 0 fully saturated rings. The summed E-state index contributed by atoms with van der Waals surface area (Å²) in [5, 5.41) is 12.2. The molecule has 1 aliphatic rings. The van der Waals surface area contributed by atoms with Crippen LogP contribution in [0.25, 0.3) is 0 Å². The Hall–Kier alpha value is -2.22. The Morgan fingerprint density at radius 3 is 3.10 bits per heavy atom. The highest BCUT2D eigenvalue weighted by Gasteiger charge is 2.23. The first kappa shape index (κ1) is 13.7. The standard InChI is InChI=1S/C13H18N6O2/c1-3-21-13(20)10-6-15-17(2)11(10)7-18-4-5-19-9-14-16-12(19)8-18/h6,9H,3-5,7-8H2,1-2H3. The molecular weight excluding hydrogens is 272 g/mol. The SMILES string of the molecule is CCOC(=O)c1cnn(C)c1CN1CCn2cnnc2C1. The van der Waals surface area contributed by atoms with E-state index in [0.29, 0.717) is 25.3 Å². The smallest absolute Gasteiger partial charge is 0.341 e. The second-order valence-electron chi connectivity index (χ2n) is 5.00. The van der Waals surface area contributed by atoms with Crippen molar-refractivity contribution in [1.82, 2.24) is 29.4 Å². The quantitative estimate of drug-likeness (QED) is 0.749. The fourth-order valence-corrected chi connectivity index (χ4v) is 2.49. The Morgan fingerprint density at radius 2 is 2.29 bits per heavy atom. The van der Waals surface area contributed by atoms with Crippen LogP contribution in [-0.2, 0) is 31.4 Å². The van der Waals surface area contributed by atoms with Crippen molar-refractivity contribution in [2.45, 2.75) is 26.6 Å². The molecule has 0 spiro atoms. The van der Waals surface area contributed by atoms with Gasteiger partial charge in [-0.25, -0.2) is 4.79 Å². The van der Waals surface area contributed by atoms with Crippen LogP contribution in [0.4, 0.5) is 0 Å². The van der Waals surface area contributed by atoms with Crippen LogP contribution < -0.4 is 0 Å². The molecule has 0 saturated heterocycles. The number of aryl methyl sites for hydroxylation is 1. The molecule has 3 heterocycles. The molecule has 1 aliphatic heterocycles. The fraction of sp³-hybridized carbons (Fsp3) is 0.538. The Morgan fingerprint density at radius 1 is 1.43 bits per heavy atom. The second kappa shape index (κ2) is 5.65. The predicted molar refractivity (Wildman–Crippen MR) is 73.3 cm³/mol. The summed E-state index contributed by atoms with van der Waals surface area (Å²) < 4.78 is 8.85. The molecule has 21 heavy (non-hydrogen) atoms. The van der Waals surface area contributed by atoms with Crippen molar-refractivity contribution in [3.63, 3.8) is 0 Å². The van der Waals surface area contributed by atoms with Gasteiger partial charge in [0, 0.05) is 26.7 Å². The van der Waals surface area contributed by atoms with Gasteiger partial charge < -0.3 is 9.30 Å². The lowest BCUT2D eigenvalue weighted by atomic mass is 10.2. The van der Waals surface area contributed by atoms with Gasteiger partial charge in [0.05, 0.1) is 25.0 Å². The summed E-state index contributed by atoms with van der Waals surface area (Å²) in [6, 6.07) is 0. The molecule has 3 rings (SSSR count). The Bertz CT molecular complexity index is 647. The van der Waals surface area contributed by atoms with Crippen LogP contribution >= 0.6 is 0 Å². The number of nitrogens with zero attached hydrogens (tertiary/aromatic N) is 6. The van der Waals surface area contributed by atoms with E-state index in [1.165, 1.54) is 0 Å². The largest absolute Gasteiger partial charge is 0.462 e. The molecular formula is C13H18N6O2. The highest BCUT2D eigenvalue weighted by Crippen LogP contribution is 2.16. The van der Waals surface area contributed by atoms with Gasteiger partial charge >= 0.3 is 5.97 Å². The lowest BCUT2D eigenvalue weighted by Crippen LogP contribution is -2.34. The molecule has 0 N–H and O–H groups in total. The summed E-state index contributed by atoms with van der Waals surface area (Å²) >= 11 is 0. The molecule has 0 unspecified atom stereocenters. The number of rotatable bonds is 4. The third-order valence-electron chi connectivity index (χ3n) is 3.65. The van der Waals surface area contributed by atoms with Crippen LogP contribution in [0.15, 0.2) is 12.5 Å². The molecule has 8 nitrogen and oxygen atoms in total. The number of hydrogen-bond acceptors (Lipinski definition) is 6. The molecule has 0 atom stereocenters. The van der Waals surface area contributed by atoms with Crippen LogP contribution in [-0.4, -0.2) is 48.6 Å². The lowest BCUT2D eigenvalue weighted by molar-refractivity contribution is 0.0523. The minimum Gasteiger partial charge on any atom is -0.462 e. The van der Waals surface area contributed by atoms with E-state index >= 15 is 0 Å². The number of carbonyl (C=O) groups is 1. The lowest BCUT2D eigenvalue weighted by Gasteiger charge is -2.27. The first-order valence-electron chi connectivity index (χ1n) is 6.96. The van der Waals surface area contributed by atoms with Crippen LogP contribution in [0.3, 0.4) is 0 Å². The third-order valence-corrected chi connectivity index (χ3v) is 3.65. The Kier molecular flexibility index (Phi) is 3.70. The maximum absolute atomic E-state index is 12.0. The van der Waals surface area contributed by atoms with Gasteiger partial charge in [-0.2, -0.15) is 5.10 Å². The van der Waals surface area contributed by atoms with E-state index in [1.807, 2.05) is 11.6 Å². The van der Waals surface area contributed by atoms with Crippen molar-refractivity contribution in [3.05, 3.63) is 29.6 Å². The van der Waals surface area contributed by atoms with Crippen molar-refractivity contribution < 1.29 is 9.53 Å². The summed E-state index contributed by atoms with van der Waals surface area (Å²) in [6.07, 6.45) is 3.32. The number of fused-ring (bicyclic) bond motifs is 1.